The summed E-state index contributed by atoms with van der Waals surface area (Å²) in [5, 5.41) is 9.47. The number of hydrogen-bond donors (Lipinski definition) is 2. The van der Waals surface area contributed by atoms with Gasteiger partial charge < -0.3 is 23.2 Å². The first kappa shape index (κ1) is 11.4. The first-order chi connectivity index (χ1) is 5.22. The van der Waals surface area contributed by atoms with Gasteiger partial charge in [-0.1, -0.05) is 30.3 Å². The largest absolute Gasteiger partial charge is 1.00 e. The maximum atomic E-state index is 9.47. The molecule has 0 bridgehead atoms. The van der Waals surface area contributed by atoms with Gasteiger partial charge in [-0.3, -0.25) is 0 Å². The van der Waals surface area contributed by atoms with Crippen molar-refractivity contribution < 1.29 is 17.5 Å². The summed E-state index contributed by atoms with van der Waals surface area (Å²) in [6, 6.07) is 9.22. The zero-order valence-electron chi connectivity index (χ0n) is 6.94. The molecule has 1 rings (SSSR count). The van der Waals surface area contributed by atoms with Crippen LogP contribution in [0.2, 0.25) is 0 Å². The molecule has 12 heavy (non-hydrogen) atoms. The predicted molar refractivity (Wildman–Crippen MR) is 45.1 cm³/mol. The standard InChI is InChI=1S/C9H13NO.ClH/c1-7(10)9(11)8-5-3-2-4-6-8;/h2-7,9,11H,10H2,1H3;1H/p-1/t7-,9-;/m0./s1. The topological polar surface area (TPSA) is 46.2 Å². The molecular formula is C9H13ClNO-. The van der Waals surface area contributed by atoms with E-state index in [1.54, 1.807) is 6.92 Å². The van der Waals surface area contributed by atoms with Crippen LogP contribution in [0.1, 0.15) is 18.6 Å². The van der Waals surface area contributed by atoms with Crippen molar-refractivity contribution >= 4 is 0 Å². The van der Waals surface area contributed by atoms with Crippen molar-refractivity contribution in [2.45, 2.75) is 19.1 Å². The van der Waals surface area contributed by atoms with Crippen LogP contribution in [0.3, 0.4) is 0 Å². The minimum atomic E-state index is -0.545. The molecule has 68 valence electrons. The van der Waals surface area contributed by atoms with E-state index in [0.717, 1.165) is 5.56 Å². The van der Waals surface area contributed by atoms with Gasteiger partial charge in [0.05, 0.1) is 6.10 Å². The van der Waals surface area contributed by atoms with Gasteiger partial charge in [0, 0.05) is 6.04 Å². The minimum absolute atomic E-state index is 0. The smallest absolute Gasteiger partial charge is 0.0938 e. The molecule has 0 aromatic heterocycles. The Morgan fingerprint density at radius 2 is 1.75 bits per heavy atom. The van der Waals surface area contributed by atoms with E-state index < -0.39 is 6.10 Å². The lowest BCUT2D eigenvalue weighted by Crippen LogP contribution is -3.00. The van der Waals surface area contributed by atoms with Crippen molar-refractivity contribution in [2.75, 3.05) is 0 Å². The first-order valence-corrected chi connectivity index (χ1v) is 3.70. The van der Waals surface area contributed by atoms with Gasteiger partial charge in [0.1, 0.15) is 0 Å². The van der Waals surface area contributed by atoms with Crippen LogP contribution in [0.4, 0.5) is 0 Å². The Balaban J connectivity index is 0.00000121. The van der Waals surface area contributed by atoms with Crippen LogP contribution in [0.15, 0.2) is 30.3 Å². The summed E-state index contributed by atoms with van der Waals surface area (Å²) in [5.41, 5.74) is 6.40. The molecule has 0 heterocycles. The Morgan fingerprint density at radius 1 is 1.25 bits per heavy atom. The molecule has 1 aromatic carbocycles. The lowest BCUT2D eigenvalue weighted by atomic mass is 10.0. The number of nitrogens with two attached hydrogens (primary N) is 1. The summed E-state index contributed by atoms with van der Waals surface area (Å²) in [7, 11) is 0. The predicted octanol–water partition coefficient (Wildman–Crippen LogP) is -1.93. The lowest BCUT2D eigenvalue weighted by molar-refractivity contribution is -0.00000372. The molecule has 2 atom stereocenters. The second kappa shape index (κ2) is 5.14. The Morgan fingerprint density at radius 3 is 2.17 bits per heavy atom. The van der Waals surface area contributed by atoms with E-state index in [0.29, 0.717) is 0 Å². The van der Waals surface area contributed by atoms with Gasteiger partial charge in [0.2, 0.25) is 0 Å². The Hall–Kier alpha value is -0.570. The van der Waals surface area contributed by atoms with Gasteiger partial charge >= 0.3 is 0 Å². The van der Waals surface area contributed by atoms with E-state index in [-0.39, 0.29) is 18.4 Å². The highest BCUT2D eigenvalue weighted by atomic mass is 35.5. The molecule has 0 unspecified atom stereocenters. The van der Waals surface area contributed by atoms with Gasteiger partial charge in [-0.25, -0.2) is 0 Å². The van der Waals surface area contributed by atoms with Crippen LogP contribution in [0, 0.1) is 0 Å². The number of aliphatic hydroxyl groups is 1. The van der Waals surface area contributed by atoms with Crippen molar-refractivity contribution in [1.29, 1.82) is 0 Å². The van der Waals surface area contributed by atoms with Gasteiger partial charge in [-0.2, -0.15) is 0 Å². The summed E-state index contributed by atoms with van der Waals surface area (Å²) in [4.78, 5) is 0. The number of aliphatic hydroxyl groups excluding tert-OH is 1. The quantitative estimate of drug-likeness (QED) is 0.566. The average Bonchev–Trinajstić information content (AvgIpc) is 2.05. The Labute approximate surface area is 78.8 Å². The highest BCUT2D eigenvalue weighted by molar-refractivity contribution is 5.18. The molecule has 1 aromatic rings. The summed E-state index contributed by atoms with van der Waals surface area (Å²) in [6.07, 6.45) is -0.545. The minimum Gasteiger partial charge on any atom is -1.00 e. The Bertz CT molecular complexity index is 213. The second-order valence-electron chi connectivity index (χ2n) is 2.71. The molecule has 0 radical (unpaired) electrons. The van der Waals surface area contributed by atoms with Crippen LogP contribution >= 0.6 is 0 Å². The molecule has 0 spiro atoms. The molecule has 0 aliphatic rings. The van der Waals surface area contributed by atoms with E-state index in [4.69, 9.17) is 5.73 Å². The normalized spacial score (nSPS) is 14.6. The second-order valence-corrected chi connectivity index (χ2v) is 2.71. The SMILES string of the molecule is C[C@H](N)[C@H](O)c1ccccc1.[Cl-]. The van der Waals surface area contributed by atoms with Crippen molar-refractivity contribution in [3.8, 4) is 0 Å². The first-order valence-electron chi connectivity index (χ1n) is 3.70. The molecule has 0 saturated heterocycles. The molecule has 3 heteroatoms. The van der Waals surface area contributed by atoms with E-state index in [1.807, 2.05) is 30.3 Å². The number of rotatable bonds is 2. The highest BCUT2D eigenvalue weighted by Crippen LogP contribution is 2.13. The maximum Gasteiger partial charge on any atom is 0.0938 e. The van der Waals surface area contributed by atoms with Crippen LogP contribution in [-0.4, -0.2) is 11.1 Å². The van der Waals surface area contributed by atoms with E-state index in [9.17, 15) is 5.11 Å². The zero-order valence-corrected chi connectivity index (χ0v) is 7.70. The van der Waals surface area contributed by atoms with E-state index in [1.165, 1.54) is 0 Å². The number of hydrogen-bond acceptors (Lipinski definition) is 2. The molecule has 0 fully saturated rings. The van der Waals surface area contributed by atoms with Gasteiger partial charge in [0.25, 0.3) is 0 Å². The van der Waals surface area contributed by atoms with Gasteiger partial charge in [-0.05, 0) is 12.5 Å². The average molecular weight is 187 g/mol. The van der Waals surface area contributed by atoms with E-state index in [2.05, 4.69) is 0 Å². The molecule has 0 aliphatic heterocycles. The van der Waals surface area contributed by atoms with Crippen LogP contribution in [-0.2, 0) is 0 Å². The Kier molecular flexibility index (Phi) is 4.90. The molecule has 0 amide bonds. The summed E-state index contributed by atoms with van der Waals surface area (Å²) < 4.78 is 0. The van der Waals surface area contributed by atoms with Crippen molar-refractivity contribution in [1.82, 2.24) is 0 Å². The van der Waals surface area contributed by atoms with Gasteiger partial charge in [-0.15, -0.1) is 0 Å². The molecule has 2 nitrogen and oxygen atoms in total. The van der Waals surface area contributed by atoms with Gasteiger partial charge in [0.15, 0.2) is 0 Å². The third kappa shape index (κ3) is 2.81. The third-order valence-electron chi connectivity index (χ3n) is 1.64. The van der Waals surface area contributed by atoms with Crippen LogP contribution in [0.25, 0.3) is 0 Å². The monoisotopic (exact) mass is 186 g/mol. The number of benzene rings is 1. The maximum absolute atomic E-state index is 9.47. The van der Waals surface area contributed by atoms with Crippen molar-refractivity contribution in [3.63, 3.8) is 0 Å². The summed E-state index contributed by atoms with van der Waals surface area (Å²) in [6.45, 7) is 1.79. The lowest BCUT2D eigenvalue weighted by Gasteiger charge is -2.13. The molecular weight excluding hydrogens is 174 g/mol. The highest BCUT2D eigenvalue weighted by Gasteiger charge is 2.10. The number of halogens is 1. The van der Waals surface area contributed by atoms with Crippen LogP contribution < -0.4 is 18.1 Å². The van der Waals surface area contributed by atoms with Crippen molar-refractivity contribution in [3.05, 3.63) is 35.9 Å². The van der Waals surface area contributed by atoms with Crippen LogP contribution in [0.5, 0.6) is 0 Å². The van der Waals surface area contributed by atoms with Crippen molar-refractivity contribution in [2.24, 2.45) is 5.73 Å². The fourth-order valence-electron chi connectivity index (χ4n) is 0.954. The third-order valence-corrected chi connectivity index (χ3v) is 1.64. The molecule has 3 N–H and O–H groups in total. The zero-order chi connectivity index (χ0) is 8.27. The molecule has 0 saturated carbocycles. The van der Waals surface area contributed by atoms with E-state index >= 15 is 0 Å². The fraction of sp³-hybridized carbons (Fsp3) is 0.333. The molecule has 0 aliphatic carbocycles. The fourth-order valence-corrected chi connectivity index (χ4v) is 0.954. The summed E-state index contributed by atoms with van der Waals surface area (Å²) in [5.74, 6) is 0. The summed E-state index contributed by atoms with van der Waals surface area (Å²) >= 11 is 0.